The van der Waals surface area contributed by atoms with E-state index >= 15 is 0 Å². The summed E-state index contributed by atoms with van der Waals surface area (Å²) in [6, 6.07) is 18.1. The molecule has 1 aliphatic rings. The minimum Gasteiger partial charge on any atom is -0.497 e. The van der Waals surface area contributed by atoms with E-state index in [1.165, 1.54) is 11.3 Å². The van der Waals surface area contributed by atoms with Crippen LogP contribution in [-0.4, -0.2) is 39.8 Å². The van der Waals surface area contributed by atoms with Crippen molar-refractivity contribution in [2.45, 2.75) is 30.0 Å². The van der Waals surface area contributed by atoms with Gasteiger partial charge < -0.3 is 14.4 Å². The molecule has 0 amide bonds. The molecule has 0 saturated heterocycles. The Bertz CT molecular complexity index is 941. The predicted octanol–water partition coefficient (Wildman–Crippen LogP) is 3.81. The fraction of sp³-hybridized carbons (Fsp3) is 0.348. The lowest BCUT2D eigenvalue weighted by Crippen LogP contribution is -2.34. The second-order valence-corrected chi connectivity index (χ2v) is 8.34. The number of rotatable bonds is 7. The van der Waals surface area contributed by atoms with Gasteiger partial charge in [-0.15, -0.1) is 0 Å². The van der Waals surface area contributed by atoms with Crippen LogP contribution in [0.3, 0.4) is 0 Å². The molecule has 1 N–H and O–H groups in total. The summed E-state index contributed by atoms with van der Waals surface area (Å²) in [6.45, 7) is 2.32. The van der Waals surface area contributed by atoms with E-state index in [-0.39, 0.29) is 0 Å². The minimum atomic E-state index is -0.516. The van der Waals surface area contributed by atoms with Gasteiger partial charge in [-0.25, -0.2) is 4.98 Å². The van der Waals surface area contributed by atoms with E-state index in [1.54, 1.807) is 18.9 Å². The number of aromatic nitrogens is 2. The van der Waals surface area contributed by atoms with E-state index in [0.29, 0.717) is 6.54 Å². The van der Waals surface area contributed by atoms with E-state index in [1.807, 2.05) is 30.3 Å². The van der Waals surface area contributed by atoms with Crippen molar-refractivity contribution < 1.29 is 9.84 Å². The van der Waals surface area contributed by atoms with Crippen molar-refractivity contribution in [3.05, 3.63) is 77.1 Å². The van der Waals surface area contributed by atoms with E-state index in [9.17, 15) is 5.11 Å². The van der Waals surface area contributed by atoms with Gasteiger partial charge in [0.1, 0.15) is 5.75 Å². The predicted molar refractivity (Wildman–Crippen MR) is 116 cm³/mol. The summed E-state index contributed by atoms with van der Waals surface area (Å²) in [7, 11) is 3.76. The van der Waals surface area contributed by atoms with Crippen molar-refractivity contribution in [2.24, 2.45) is 7.05 Å². The second-order valence-electron chi connectivity index (χ2n) is 7.40. The number of β-amino-alcohol motifs (C(OH)–C–C–N with tert-alkyl or cyclic N) is 1. The summed E-state index contributed by atoms with van der Waals surface area (Å²) >= 11 is 1.78. The number of fused-ring (bicyclic) bond motifs is 1. The smallest absolute Gasteiger partial charge is 0.168 e. The third kappa shape index (κ3) is 4.66. The molecular formula is C23H27N3O2S. The van der Waals surface area contributed by atoms with Gasteiger partial charge in [-0.2, -0.15) is 0 Å². The average Bonchev–Trinajstić information content (AvgIpc) is 3.08. The largest absolute Gasteiger partial charge is 0.497 e. The molecule has 2 aromatic carbocycles. The highest BCUT2D eigenvalue weighted by atomic mass is 32.2. The zero-order valence-corrected chi connectivity index (χ0v) is 17.7. The summed E-state index contributed by atoms with van der Waals surface area (Å²) in [5.41, 5.74) is 4.67. The van der Waals surface area contributed by atoms with E-state index in [4.69, 9.17) is 9.72 Å². The Morgan fingerprint density at radius 3 is 2.62 bits per heavy atom. The van der Waals surface area contributed by atoms with Crippen LogP contribution in [0.1, 0.15) is 28.6 Å². The summed E-state index contributed by atoms with van der Waals surface area (Å²) < 4.78 is 7.43. The molecule has 4 rings (SSSR count). The van der Waals surface area contributed by atoms with Gasteiger partial charge in [-0.1, -0.05) is 54.2 Å². The molecule has 152 valence electrons. The molecule has 6 heteroatoms. The molecule has 29 heavy (non-hydrogen) atoms. The number of imidazole rings is 1. The lowest BCUT2D eigenvalue weighted by Gasteiger charge is -2.28. The first kappa shape index (κ1) is 20.0. The van der Waals surface area contributed by atoms with Crippen LogP contribution in [-0.2, 0) is 25.8 Å². The number of aliphatic hydroxyl groups is 1. The third-order valence-electron chi connectivity index (χ3n) is 5.44. The zero-order chi connectivity index (χ0) is 20.2. The van der Waals surface area contributed by atoms with Gasteiger partial charge in [0.05, 0.1) is 18.9 Å². The molecule has 2 heterocycles. The number of nitrogens with zero attached hydrogens (tertiary/aromatic N) is 3. The number of ether oxygens (including phenoxy) is 1. The third-order valence-corrected chi connectivity index (χ3v) is 6.54. The molecule has 5 nitrogen and oxygen atoms in total. The second kappa shape index (κ2) is 9.03. The Labute approximate surface area is 176 Å². The van der Waals surface area contributed by atoms with Crippen molar-refractivity contribution in [1.82, 2.24) is 14.5 Å². The summed E-state index contributed by atoms with van der Waals surface area (Å²) in [6.07, 6.45) is 0.443. The molecule has 1 aliphatic heterocycles. The van der Waals surface area contributed by atoms with Crippen molar-refractivity contribution in [2.75, 3.05) is 20.2 Å². The van der Waals surface area contributed by atoms with Gasteiger partial charge in [0.2, 0.25) is 0 Å². The first-order chi connectivity index (χ1) is 14.1. The van der Waals surface area contributed by atoms with Gasteiger partial charge in [0.15, 0.2) is 5.16 Å². The molecular weight excluding hydrogens is 382 g/mol. The molecule has 0 fully saturated rings. The van der Waals surface area contributed by atoms with E-state index in [2.05, 4.69) is 40.8 Å². The van der Waals surface area contributed by atoms with Crippen molar-refractivity contribution in [1.29, 1.82) is 0 Å². The SMILES string of the molecule is COc1ccc([C@H](O)CN2CCc3c(nc(SCc4ccccc4)n3C)C2)cc1. The first-order valence-corrected chi connectivity index (χ1v) is 10.9. The maximum Gasteiger partial charge on any atom is 0.168 e. The van der Waals surface area contributed by atoms with Gasteiger partial charge in [-0.05, 0) is 23.3 Å². The maximum atomic E-state index is 10.6. The van der Waals surface area contributed by atoms with Crippen LogP contribution in [0.15, 0.2) is 59.8 Å². The molecule has 0 aliphatic carbocycles. The molecule has 0 spiro atoms. The normalized spacial score (nSPS) is 15.1. The molecule has 3 aromatic rings. The Balaban J connectivity index is 1.39. The van der Waals surface area contributed by atoms with Crippen LogP contribution in [0.25, 0.3) is 0 Å². The molecule has 0 radical (unpaired) electrons. The van der Waals surface area contributed by atoms with Crippen LogP contribution >= 0.6 is 11.8 Å². The fourth-order valence-corrected chi connectivity index (χ4v) is 4.71. The quantitative estimate of drug-likeness (QED) is 0.602. The molecule has 1 aromatic heterocycles. The molecule has 1 atom stereocenters. The molecule has 0 unspecified atom stereocenters. The van der Waals surface area contributed by atoms with Crippen LogP contribution in [0.2, 0.25) is 0 Å². The monoisotopic (exact) mass is 409 g/mol. The van der Waals surface area contributed by atoms with Crippen LogP contribution < -0.4 is 4.74 Å². The van der Waals surface area contributed by atoms with E-state index < -0.39 is 6.10 Å². The Kier molecular flexibility index (Phi) is 6.23. The van der Waals surface area contributed by atoms with Crippen LogP contribution in [0, 0.1) is 0 Å². The Morgan fingerprint density at radius 1 is 1.14 bits per heavy atom. The standard InChI is InChI=1S/C23H27N3O2S/c1-25-21-12-13-26(15-22(27)18-8-10-19(28-2)11-9-18)14-20(21)24-23(25)29-16-17-6-4-3-5-7-17/h3-11,22,27H,12-16H2,1-2H3/t22-/m1/s1. The number of aliphatic hydroxyl groups excluding tert-OH is 1. The van der Waals surface area contributed by atoms with Crippen molar-refractivity contribution in [3.63, 3.8) is 0 Å². The highest BCUT2D eigenvalue weighted by molar-refractivity contribution is 7.98. The number of hydrogen-bond donors (Lipinski definition) is 1. The zero-order valence-electron chi connectivity index (χ0n) is 16.9. The first-order valence-electron chi connectivity index (χ1n) is 9.89. The Hall–Kier alpha value is -2.28. The number of hydrogen-bond acceptors (Lipinski definition) is 5. The minimum absolute atomic E-state index is 0.516. The summed E-state index contributed by atoms with van der Waals surface area (Å²) in [5, 5.41) is 11.7. The van der Waals surface area contributed by atoms with Crippen molar-refractivity contribution in [3.8, 4) is 5.75 Å². The molecule has 0 saturated carbocycles. The number of methoxy groups -OCH3 is 1. The van der Waals surface area contributed by atoms with E-state index in [0.717, 1.165) is 47.4 Å². The van der Waals surface area contributed by atoms with Gasteiger partial charge >= 0.3 is 0 Å². The van der Waals surface area contributed by atoms with Gasteiger partial charge in [0, 0.05) is 44.5 Å². The lowest BCUT2D eigenvalue weighted by atomic mass is 10.1. The van der Waals surface area contributed by atoms with Crippen LogP contribution in [0.4, 0.5) is 0 Å². The highest BCUT2D eigenvalue weighted by Gasteiger charge is 2.24. The average molecular weight is 410 g/mol. The summed E-state index contributed by atoms with van der Waals surface area (Å²) in [4.78, 5) is 7.19. The number of benzene rings is 2. The van der Waals surface area contributed by atoms with Gasteiger partial charge in [-0.3, -0.25) is 4.90 Å². The maximum absolute atomic E-state index is 10.6. The highest BCUT2D eigenvalue weighted by Crippen LogP contribution is 2.28. The molecule has 0 bridgehead atoms. The lowest BCUT2D eigenvalue weighted by molar-refractivity contribution is 0.104. The van der Waals surface area contributed by atoms with Gasteiger partial charge in [0.25, 0.3) is 0 Å². The summed E-state index contributed by atoms with van der Waals surface area (Å²) in [5.74, 6) is 1.72. The number of thioether (sulfide) groups is 1. The topological polar surface area (TPSA) is 50.5 Å². The fourth-order valence-electron chi connectivity index (χ4n) is 3.74. The van der Waals surface area contributed by atoms with Crippen LogP contribution in [0.5, 0.6) is 5.75 Å². The Morgan fingerprint density at radius 2 is 1.90 bits per heavy atom. The van der Waals surface area contributed by atoms with Crippen molar-refractivity contribution >= 4 is 11.8 Å².